The van der Waals surface area contributed by atoms with Gasteiger partial charge in [0.25, 0.3) is 0 Å². The minimum absolute atomic E-state index is 0.0439. The third kappa shape index (κ3) is 3.71. The SMILES string of the molecule is COCC(N)CNC(C)c1nccs1. The van der Waals surface area contributed by atoms with Gasteiger partial charge in [-0.2, -0.15) is 0 Å². The van der Waals surface area contributed by atoms with E-state index in [1.165, 1.54) is 0 Å². The van der Waals surface area contributed by atoms with E-state index < -0.39 is 0 Å². The molecule has 0 spiro atoms. The molecule has 0 amide bonds. The second-order valence-corrected chi connectivity index (χ2v) is 4.14. The Morgan fingerprint density at radius 3 is 3.07 bits per heavy atom. The molecule has 5 heteroatoms. The summed E-state index contributed by atoms with van der Waals surface area (Å²) in [5.74, 6) is 0. The molecule has 0 saturated carbocycles. The Kier molecular flexibility index (Phi) is 5.03. The van der Waals surface area contributed by atoms with Crippen LogP contribution in [0.15, 0.2) is 11.6 Å². The first-order valence-electron chi connectivity index (χ1n) is 4.61. The van der Waals surface area contributed by atoms with Crippen LogP contribution in [0.2, 0.25) is 0 Å². The molecule has 0 bridgehead atoms. The molecule has 0 saturated heterocycles. The number of aromatic nitrogens is 1. The molecule has 1 rings (SSSR count). The van der Waals surface area contributed by atoms with E-state index in [1.807, 2.05) is 11.6 Å². The fraction of sp³-hybridized carbons (Fsp3) is 0.667. The zero-order chi connectivity index (χ0) is 10.4. The molecule has 0 aliphatic rings. The van der Waals surface area contributed by atoms with E-state index >= 15 is 0 Å². The van der Waals surface area contributed by atoms with Crippen molar-refractivity contribution in [1.82, 2.24) is 10.3 Å². The monoisotopic (exact) mass is 215 g/mol. The van der Waals surface area contributed by atoms with E-state index in [0.29, 0.717) is 6.61 Å². The smallest absolute Gasteiger partial charge is 0.109 e. The summed E-state index contributed by atoms with van der Waals surface area (Å²) in [6.07, 6.45) is 1.81. The van der Waals surface area contributed by atoms with Crippen LogP contribution in [0, 0.1) is 0 Å². The Balaban J connectivity index is 2.24. The number of hydrogen-bond donors (Lipinski definition) is 2. The van der Waals surface area contributed by atoms with Gasteiger partial charge in [0.2, 0.25) is 0 Å². The number of ether oxygens (including phenoxy) is 1. The highest BCUT2D eigenvalue weighted by atomic mass is 32.1. The minimum atomic E-state index is 0.0439. The van der Waals surface area contributed by atoms with E-state index in [-0.39, 0.29) is 12.1 Å². The van der Waals surface area contributed by atoms with Crippen molar-refractivity contribution >= 4 is 11.3 Å². The van der Waals surface area contributed by atoms with E-state index in [9.17, 15) is 0 Å². The molecule has 80 valence electrons. The van der Waals surface area contributed by atoms with Crippen molar-refractivity contribution in [3.8, 4) is 0 Å². The first-order valence-corrected chi connectivity index (χ1v) is 5.49. The molecule has 1 aromatic heterocycles. The standard InChI is InChI=1S/C9H17N3OS/c1-7(9-11-3-4-14-9)12-5-8(10)6-13-2/h3-4,7-8,12H,5-6,10H2,1-2H3. The molecule has 0 aromatic carbocycles. The molecule has 1 aromatic rings. The maximum absolute atomic E-state index is 5.78. The van der Waals surface area contributed by atoms with E-state index in [4.69, 9.17) is 10.5 Å². The molecule has 2 atom stereocenters. The predicted molar refractivity (Wildman–Crippen MR) is 58.4 cm³/mol. The summed E-state index contributed by atoms with van der Waals surface area (Å²) in [7, 11) is 1.66. The number of rotatable bonds is 6. The number of nitrogens with two attached hydrogens (primary N) is 1. The summed E-state index contributed by atoms with van der Waals surface area (Å²) in [6.45, 7) is 3.41. The Morgan fingerprint density at radius 1 is 1.71 bits per heavy atom. The van der Waals surface area contributed by atoms with Crippen LogP contribution in [-0.4, -0.2) is 31.3 Å². The van der Waals surface area contributed by atoms with Crippen LogP contribution >= 0.6 is 11.3 Å². The van der Waals surface area contributed by atoms with Crippen LogP contribution in [0.1, 0.15) is 18.0 Å². The van der Waals surface area contributed by atoms with Crippen molar-refractivity contribution < 1.29 is 4.74 Å². The fourth-order valence-electron chi connectivity index (χ4n) is 1.14. The maximum Gasteiger partial charge on any atom is 0.109 e. The van der Waals surface area contributed by atoms with E-state index in [0.717, 1.165) is 11.6 Å². The quantitative estimate of drug-likeness (QED) is 0.736. The lowest BCUT2D eigenvalue weighted by molar-refractivity contribution is 0.178. The number of thiazole rings is 1. The zero-order valence-corrected chi connectivity index (χ0v) is 9.38. The van der Waals surface area contributed by atoms with Crippen LogP contribution in [0.3, 0.4) is 0 Å². The van der Waals surface area contributed by atoms with E-state index in [2.05, 4.69) is 17.2 Å². The predicted octanol–water partition coefficient (Wildman–Crippen LogP) is 0.767. The fourth-order valence-corrected chi connectivity index (χ4v) is 1.81. The van der Waals surface area contributed by atoms with Crippen molar-refractivity contribution in [3.05, 3.63) is 16.6 Å². The molecule has 0 aliphatic heterocycles. The Hall–Kier alpha value is -0.490. The summed E-state index contributed by atoms with van der Waals surface area (Å²) in [6, 6.07) is 0.306. The van der Waals surface area contributed by atoms with Gasteiger partial charge < -0.3 is 15.8 Å². The third-order valence-corrected chi connectivity index (χ3v) is 2.85. The summed E-state index contributed by atoms with van der Waals surface area (Å²) in [5.41, 5.74) is 5.78. The molecule has 1 heterocycles. The topological polar surface area (TPSA) is 60.2 Å². The third-order valence-electron chi connectivity index (χ3n) is 1.89. The number of hydrogen-bond acceptors (Lipinski definition) is 5. The summed E-state index contributed by atoms with van der Waals surface area (Å²) >= 11 is 1.65. The molecule has 0 aliphatic carbocycles. The van der Waals surface area contributed by atoms with Crippen molar-refractivity contribution in [2.45, 2.75) is 19.0 Å². The molecule has 2 unspecified atom stereocenters. The minimum Gasteiger partial charge on any atom is -0.383 e. The van der Waals surface area contributed by atoms with Gasteiger partial charge in [0, 0.05) is 31.3 Å². The van der Waals surface area contributed by atoms with Gasteiger partial charge in [-0.05, 0) is 6.92 Å². The van der Waals surface area contributed by atoms with Gasteiger partial charge in [0.15, 0.2) is 0 Å². The summed E-state index contributed by atoms with van der Waals surface area (Å²) in [4.78, 5) is 4.22. The molecule has 0 fully saturated rings. The average Bonchev–Trinajstić information content (AvgIpc) is 2.67. The average molecular weight is 215 g/mol. The zero-order valence-electron chi connectivity index (χ0n) is 8.56. The van der Waals surface area contributed by atoms with Crippen molar-refractivity contribution in [2.75, 3.05) is 20.3 Å². The molecular weight excluding hydrogens is 198 g/mol. The van der Waals surface area contributed by atoms with Gasteiger partial charge >= 0.3 is 0 Å². The van der Waals surface area contributed by atoms with Crippen LogP contribution in [0.5, 0.6) is 0 Å². The molecule has 4 nitrogen and oxygen atoms in total. The Morgan fingerprint density at radius 2 is 2.50 bits per heavy atom. The molecule has 14 heavy (non-hydrogen) atoms. The highest BCUT2D eigenvalue weighted by Crippen LogP contribution is 2.13. The van der Waals surface area contributed by atoms with E-state index in [1.54, 1.807) is 18.4 Å². The van der Waals surface area contributed by atoms with Gasteiger partial charge in [-0.25, -0.2) is 4.98 Å². The van der Waals surface area contributed by atoms with Crippen LogP contribution in [0.4, 0.5) is 0 Å². The van der Waals surface area contributed by atoms with Gasteiger partial charge in [-0.1, -0.05) is 0 Å². The van der Waals surface area contributed by atoms with Gasteiger partial charge in [-0.3, -0.25) is 0 Å². The van der Waals surface area contributed by atoms with Crippen molar-refractivity contribution in [3.63, 3.8) is 0 Å². The summed E-state index contributed by atoms with van der Waals surface area (Å²) in [5, 5.41) is 6.38. The molecule has 3 N–H and O–H groups in total. The largest absolute Gasteiger partial charge is 0.383 e. The number of methoxy groups -OCH3 is 1. The normalized spacial score (nSPS) is 15.4. The summed E-state index contributed by atoms with van der Waals surface area (Å²) < 4.78 is 4.95. The van der Waals surface area contributed by atoms with Gasteiger partial charge in [0.05, 0.1) is 12.6 Å². The van der Waals surface area contributed by atoms with Crippen LogP contribution < -0.4 is 11.1 Å². The first-order chi connectivity index (χ1) is 6.74. The second-order valence-electron chi connectivity index (χ2n) is 3.22. The highest BCUT2D eigenvalue weighted by molar-refractivity contribution is 7.09. The maximum atomic E-state index is 5.78. The Bertz CT molecular complexity index is 240. The van der Waals surface area contributed by atoms with Crippen molar-refractivity contribution in [1.29, 1.82) is 0 Å². The highest BCUT2D eigenvalue weighted by Gasteiger charge is 2.09. The van der Waals surface area contributed by atoms with Crippen LogP contribution in [-0.2, 0) is 4.74 Å². The second kappa shape index (κ2) is 6.08. The van der Waals surface area contributed by atoms with Gasteiger partial charge in [-0.15, -0.1) is 11.3 Å². The molecular formula is C9H17N3OS. The lowest BCUT2D eigenvalue weighted by Crippen LogP contribution is -2.38. The lowest BCUT2D eigenvalue weighted by Gasteiger charge is -2.15. The first kappa shape index (κ1) is 11.6. The Labute approximate surface area is 88.5 Å². The van der Waals surface area contributed by atoms with Gasteiger partial charge in [0.1, 0.15) is 5.01 Å². The van der Waals surface area contributed by atoms with Crippen LogP contribution in [0.25, 0.3) is 0 Å². The van der Waals surface area contributed by atoms with Crippen molar-refractivity contribution in [2.24, 2.45) is 5.73 Å². The molecule has 0 radical (unpaired) electrons. The lowest BCUT2D eigenvalue weighted by atomic mass is 10.3. The number of nitrogens with one attached hydrogen (secondary N) is 1. The number of nitrogens with zero attached hydrogens (tertiary/aromatic N) is 1.